The Kier molecular flexibility index (Phi) is 6.86. The first-order valence-electron chi connectivity index (χ1n) is 6.77. The van der Waals surface area contributed by atoms with Crippen LogP contribution in [0, 0.1) is 0 Å². The third-order valence-corrected chi connectivity index (χ3v) is 5.66. The Hall–Kier alpha value is -0.410. The van der Waals surface area contributed by atoms with E-state index in [2.05, 4.69) is 21.2 Å². The minimum Gasteiger partial charge on any atom is -0.452 e. The van der Waals surface area contributed by atoms with Gasteiger partial charge in [-0.05, 0) is 30.0 Å². The third kappa shape index (κ3) is 5.37. The Bertz CT molecular complexity index is 555. The molecule has 0 aromatic carbocycles. The molecule has 0 aliphatic heterocycles. The number of hydrogen-bond donors (Lipinski definition) is 1. The third-order valence-electron chi connectivity index (χ3n) is 2.94. The van der Waals surface area contributed by atoms with Crippen molar-refractivity contribution in [1.82, 2.24) is 14.5 Å². The van der Waals surface area contributed by atoms with Gasteiger partial charge in [-0.2, -0.15) is 4.31 Å². The maximum atomic E-state index is 12.5. The van der Waals surface area contributed by atoms with Crippen LogP contribution in [-0.4, -0.2) is 57.9 Å². The van der Waals surface area contributed by atoms with E-state index < -0.39 is 10.0 Å². The lowest BCUT2D eigenvalue weighted by molar-refractivity contribution is 0.358. The molecule has 0 spiro atoms. The van der Waals surface area contributed by atoms with E-state index in [1.807, 2.05) is 32.8 Å². The summed E-state index contributed by atoms with van der Waals surface area (Å²) in [6, 6.07) is 1.87. The molecular weight excluding hydrogens is 358 g/mol. The van der Waals surface area contributed by atoms with Gasteiger partial charge in [0.15, 0.2) is 4.67 Å². The van der Waals surface area contributed by atoms with Gasteiger partial charge in [-0.1, -0.05) is 13.8 Å². The standard InChI is InChI=1S/C13H24BrN3O3S/c1-10(2)15-9-11-8-12(13(14)20-11)21(18,19)17(5)7-6-16(3)4/h8,10,15H,6-7,9H2,1-5H3. The van der Waals surface area contributed by atoms with Gasteiger partial charge in [0.05, 0.1) is 6.54 Å². The number of furan rings is 1. The largest absolute Gasteiger partial charge is 0.452 e. The van der Waals surface area contributed by atoms with Gasteiger partial charge in [-0.3, -0.25) is 0 Å². The number of halogens is 1. The molecular formula is C13H24BrN3O3S. The topological polar surface area (TPSA) is 65.8 Å². The van der Waals surface area contributed by atoms with Crippen LogP contribution in [0.3, 0.4) is 0 Å². The second-order valence-electron chi connectivity index (χ2n) is 5.52. The fourth-order valence-corrected chi connectivity index (χ4v) is 3.71. The van der Waals surface area contributed by atoms with Crippen molar-refractivity contribution in [3.63, 3.8) is 0 Å². The van der Waals surface area contributed by atoms with Gasteiger partial charge in [0.25, 0.3) is 0 Å². The van der Waals surface area contributed by atoms with E-state index in [1.54, 1.807) is 13.1 Å². The summed E-state index contributed by atoms with van der Waals surface area (Å²) in [4.78, 5) is 2.11. The van der Waals surface area contributed by atoms with Gasteiger partial charge in [-0.25, -0.2) is 8.42 Å². The molecule has 1 N–H and O–H groups in total. The molecule has 1 rings (SSSR count). The van der Waals surface area contributed by atoms with Crippen molar-refractivity contribution in [3.05, 3.63) is 16.5 Å². The highest BCUT2D eigenvalue weighted by molar-refractivity contribution is 9.10. The first-order valence-corrected chi connectivity index (χ1v) is 9.00. The smallest absolute Gasteiger partial charge is 0.247 e. The molecule has 1 aromatic heterocycles. The summed E-state index contributed by atoms with van der Waals surface area (Å²) in [7, 11) is 1.84. The van der Waals surface area contributed by atoms with Crippen LogP contribution in [0.5, 0.6) is 0 Å². The Morgan fingerprint density at radius 1 is 1.29 bits per heavy atom. The number of likely N-dealkylation sites (N-methyl/N-ethyl adjacent to an activating group) is 2. The number of sulfonamides is 1. The number of nitrogens with zero attached hydrogens (tertiary/aromatic N) is 2. The zero-order valence-corrected chi connectivity index (χ0v) is 15.6. The van der Waals surface area contributed by atoms with Crippen LogP contribution in [-0.2, 0) is 16.6 Å². The summed E-state index contributed by atoms with van der Waals surface area (Å²) in [5.74, 6) is 0.593. The zero-order valence-electron chi connectivity index (χ0n) is 13.2. The molecule has 0 saturated carbocycles. The van der Waals surface area contributed by atoms with Gasteiger partial charge in [0.2, 0.25) is 10.0 Å². The fourth-order valence-electron chi connectivity index (χ4n) is 1.59. The molecule has 21 heavy (non-hydrogen) atoms. The molecule has 6 nitrogen and oxygen atoms in total. The second-order valence-corrected chi connectivity index (χ2v) is 8.25. The van der Waals surface area contributed by atoms with Crippen LogP contribution >= 0.6 is 15.9 Å². The molecule has 122 valence electrons. The zero-order chi connectivity index (χ0) is 16.2. The van der Waals surface area contributed by atoms with Crippen LogP contribution in [0.25, 0.3) is 0 Å². The van der Waals surface area contributed by atoms with Crippen LogP contribution in [0.1, 0.15) is 19.6 Å². The predicted octanol–water partition coefficient (Wildman–Crippen LogP) is 1.72. The van der Waals surface area contributed by atoms with Crippen molar-refractivity contribution in [1.29, 1.82) is 0 Å². The lowest BCUT2D eigenvalue weighted by Crippen LogP contribution is -2.33. The van der Waals surface area contributed by atoms with Crippen LogP contribution in [0.2, 0.25) is 0 Å². The van der Waals surface area contributed by atoms with Gasteiger partial charge in [0, 0.05) is 32.2 Å². The molecule has 8 heteroatoms. The number of rotatable bonds is 8. The molecule has 0 unspecified atom stereocenters. The highest BCUT2D eigenvalue weighted by atomic mass is 79.9. The van der Waals surface area contributed by atoms with Crippen molar-refractivity contribution in [3.8, 4) is 0 Å². The quantitative estimate of drug-likeness (QED) is 0.742. The summed E-state index contributed by atoms with van der Waals surface area (Å²) in [6.45, 7) is 5.61. The molecule has 0 aliphatic rings. The summed E-state index contributed by atoms with van der Waals surface area (Å²) >= 11 is 3.20. The first-order chi connectivity index (χ1) is 9.64. The van der Waals surface area contributed by atoms with Crippen LogP contribution < -0.4 is 5.32 Å². The van der Waals surface area contributed by atoms with Crippen molar-refractivity contribution in [2.24, 2.45) is 0 Å². The first kappa shape index (κ1) is 18.6. The summed E-state index contributed by atoms with van der Waals surface area (Å²) in [6.07, 6.45) is 0. The van der Waals surface area contributed by atoms with E-state index in [1.165, 1.54) is 4.31 Å². The SMILES string of the molecule is CC(C)NCc1cc(S(=O)(=O)N(C)CCN(C)C)c(Br)o1. The van der Waals surface area contributed by atoms with E-state index in [4.69, 9.17) is 4.42 Å². The molecule has 0 atom stereocenters. The molecule has 1 aromatic rings. The Labute approximate surface area is 135 Å². The van der Waals surface area contributed by atoms with Crippen molar-refractivity contribution in [2.75, 3.05) is 34.2 Å². The molecule has 0 bridgehead atoms. The maximum absolute atomic E-state index is 12.5. The normalized spacial score (nSPS) is 12.8. The van der Waals surface area contributed by atoms with Crippen molar-refractivity contribution >= 4 is 26.0 Å². The maximum Gasteiger partial charge on any atom is 0.247 e. The van der Waals surface area contributed by atoms with Gasteiger partial charge in [0.1, 0.15) is 10.7 Å². The van der Waals surface area contributed by atoms with Crippen LogP contribution in [0.4, 0.5) is 0 Å². The van der Waals surface area contributed by atoms with E-state index in [0.29, 0.717) is 31.4 Å². The average Bonchev–Trinajstić information content (AvgIpc) is 2.75. The fraction of sp³-hybridized carbons (Fsp3) is 0.692. The number of nitrogens with one attached hydrogen (secondary N) is 1. The molecule has 0 fully saturated rings. The second kappa shape index (κ2) is 7.73. The Balaban J connectivity index is 2.87. The minimum atomic E-state index is -3.54. The van der Waals surface area contributed by atoms with Crippen molar-refractivity contribution in [2.45, 2.75) is 31.3 Å². The van der Waals surface area contributed by atoms with E-state index >= 15 is 0 Å². The molecule has 0 saturated heterocycles. The van der Waals surface area contributed by atoms with E-state index in [0.717, 1.165) is 0 Å². The van der Waals surface area contributed by atoms with Gasteiger partial charge >= 0.3 is 0 Å². The monoisotopic (exact) mass is 381 g/mol. The Morgan fingerprint density at radius 3 is 2.43 bits per heavy atom. The van der Waals surface area contributed by atoms with E-state index in [9.17, 15) is 8.42 Å². The highest BCUT2D eigenvalue weighted by Crippen LogP contribution is 2.28. The van der Waals surface area contributed by atoms with Crippen LogP contribution in [0.15, 0.2) is 20.0 Å². The van der Waals surface area contributed by atoms with Gasteiger partial charge in [-0.15, -0.1) is 0 Å². The molecule has 0 radical (unpaired) electrons. The van der Waals surface area contributed by atoms with E-state index in [-0.39, 0.29) is 9.56 Å². The minimum absolute atomic E-state index is 0.171. The highest BCUT2D eigenvalue weighted by Gasteiger charge is 2.26. The molecule has 0 amide bonds. The summed E-state index contributed by atoms with van der Waals surface area (Å²) < 4.78 is 32.1. The van der Waals surface area contributed by atoms with Gasteiger partial charge < -0.3 is 14.6 Å². The number of hydrogen-bond acceptors (Lipinski definition) is 5. The molecule has 1 heterocycles. The average molecular weight is 382 g/mol. The summed E-state index contributed by atoms with van der Waals surface area (Å²) in [5, 5.41) is 3.19. The lowest BCUT2D eigenvalue weighted by atomic mass is 10.3. The van der Waals surface area contributed by atoms with Crippen molar-refractivity contribution < 1.29 is 12.8 Å². The Morgan fingerprint density at radius 2 is 1.90 bits per heavy atom. The lowest BCUT2D eigenvalue weighted by Gasteiger charge is -2.18. The summed E-state index contributed by atoms with van der Waals surface area (Å²) in [5.41, 5.74) is 0. The predicted molar refractivity (Wildman–Crippen MR) is 86.8 cm³/mol. The molecule has 0 aliphatic carbocycles.